The molecule has 0 amide bonds. The Labute approximate surface area is 75.5 Å². The third kappa shape index (κ3) is 7.08. The lowest BCUT2D eigenvalue weighted by Crippen LogP contribution is -2.04. The van der Waals surface area contributed by atoms with Crippen molar-refractivity contribution < 1.29 is 3.79 Å². The first-order chi connectivity index (χ1) is 4.81. The minimum absolute atomic E-state index is 0.911. The van der Waals surface area contributed by atoms with Crippen LogP contribution in [0.15, 0.2) is 0 Å². The second-order valence-corrected chi connectivity index (χ2v) is 7.43. The summed E-state index contributed by atoms with van der Waals surface area (Å²) in [6.45, 7) is 2.24. The Balaban J connectivity index is 2.89. The van der Waals surface area contributed by atoms with Gasteiger partial charge in [-0.1, -0.05) is 37.9 Å². The summed E-state index contributed by atoms with van der Waals surface area (Å²) in [4.78, 5) is 0. The monoisotopic (exact) mass is 222 g/mol. The van der Waals surface area contributed by atoms with Crippen molar-refractivity contribution in [3.63, 3.8) is 0 Å². The molecule has 3 heteroatoms. The van der Waals surface area contributed by atoms with Crippen LogP contribution in [0.25, 0.3) is 0 Å². The van der Waals surface area contributed by atoms with Crippen LogP contribution < -0.4 is 0 Å². The number of unbranched alkanes of at least 4 members (excludes halogenated alkanes) is 3. The maximum Gasteiger partial charge on any atom is 0.556 e. The highest BCUT2D eigenvalue weighted by atomic mass is 79.9. The summed E-state index contributed by atoms with van der Waals surface area (Å²) in [6, 6.07) is 0. The first-order valence-electron chi connectivity index (χ1n) is 3.98. The van der Waals surface area contributed by atoms with Crippen LogP contribution in [0.5, 0.6) is 0 Å². The van der Waals surface area contributed by atoms with Crippen LogP contribution in [-0.4, -0.2) is 19.8 Å². The molecule has 60 valence electrons. The molecule has 0 unspecified atom stereocenters. The Morgan fingerprint density at radius 2 is 2.00 bits per heavy atom. The summed E-state index contributed by atoms with van der Waals surface area (Å²) in [7, 11) is 1.80. The van der Waals surface area contributed by atoms with Gasteiger partial charge in [0.25, 0.3) is 0 Å². The zero-order valence-corrected chi connectivity index (χ0v) is 9.64. The van der Waals surface area contributed by atoms with Crippen LogP contribution in [0.2, 0.25) is 5.28 Å². The van der Waals surface area contributed by atoms with Gasteiger partial charge in [0.2, 0.25) is 0 Å². The highest BCUT2D eigenvalue weighted by molar-refractivity contribution is 9.24. The Bertz CT molecular complexity index is 70.6. The summed E-state index contributed by atoms with van der Waals surface area (Å²) in [6.07, 6.45) is 5.40. The van der Waals surface area contributed by atoms with Gasteiger partial charge >= 0.3 is 12.7 Å². The van der Waals surface area contributed by atoms with Crippen LogP contribution in [-0.2, 0) is 3.79 Å². The molecule has 0 aromatic heterocycles. The molecule has 10 heavy (non-hydrogen) atoms. The first-order valence-corrected chi connectivity index (χ1v) is 8.45. The van der Waals surface area contributed by atoms with Gasteiger partial charge in [-0.05, 0) is 0 Å². The van der Waals surface area contributed by atoms with Crippen LogP contribution in [0, 0.1) is 0 Å². The number of rotatable bonds is 6. The van der Waals surface area contributed by atoms with Crippen molar-refractivity contribution in [3.8, 4) is 0 Å². The van der Waals surface area contributed by atoms with E-state index in [0.29, 0.717) is 0 Å². The highest BCUT2D eigenvalue weighted by Gasteiger charge is 2.12. The maximum atomic E-state index is 5.19. The highest BCUT2D eigenvalue weighted by Crippen LogP contribution is 2.09. The predicted octanol–water partition coefficient (Wildman–Crippen LogP) is 3.10. The van der Waals surface area contributed by atoms with E-state index in [9.17, 15) is 0 Å². The standard InChI is InChI=1S/C6H13.CH3O.Al.BrH/c1-3-5-6-4-2;1-2;;/h1,3-6H2,2H3;1H3;;1H/q;-1;+2;/p-1. The van der Waals surface area contributed by atoms with E-state index >= 15 is 0 Å². The van der Waals surface area contributed by atoms with Crippen molar-refractivity contribution >= 4 is 26.7 Å². The lowest BCUT2D eigenvalue weighted by Gasteiger charge is -2.00. The van der Waals surface area contributed by atoms with E-state index in [2.05, 4.69) is 21.0 Å². The smallest absolute Gasteiger partial charge is 0.495 e. The minimum Gasteiger partial charge on any atom is -0.495 e. The van der Waals surface area contributed by atoms with E-state index in [4.69, 9.17) is 3.79 Å². The Hall–Kier alpha value is 0.972. The predicted molar refractivity (Wildman–Crippen MR) is 50.6 cm³/mol. The fourth-order valence-corrected chi connectivity index (χ4v) is 2.67. The SMILES string of the molecule is CCCCC[CH2][Al]([Br])[O]C. The zero-order chi connectivity index (χ0) is 7.82. The number of halogens is 1. The third-order valence-corrected chi connectivity index (χ3v) is 5.41. The van der Waals surface area contributed by atoms with Crippen molar-refractivity contribution in [1.82, 2.24) is 0 Å². The molecule has 0 saturated carbocycles. The van der Waals surface area contributed by atoms with E-state index in [0.717, 1.165) is 0 Å². The van der Waals surface area contributed by atoms with Gasteiger partial charge in [0, 0.05) is 7.11 Å². The molecule has 0 aromatic carbocycles. The van der Waals surface area contributed by atoms with Crippen LogP contribution >= 0.6 is 14.1 Å². The fourth-order valence-electron chi connectivity index (χ4n) is 0.849. The fraction of sp³-hybridized carbons (Fsp3) is 1.00. The van der Waals surface area contributed by atoms with Gasteiger partial charge in [-0.3, -0.25) is 0 Å². The molecule has 0 fully saturated rings. The summed E-state index contributed by atoms with van der Waals surface area (Å²) in [5.74, 6) is 0. The third-order valence-electron chi connectivity index (χ3n) is 1.54. The lowest BCUT2D eigenvalue weighted by molar-refractivity contribution is 0.434. The minimum atomic E-state index is -0.911. The molecule has 0 aliphatic rings. The summed E-state index contributed by atoms with van der Waals surface area (Å²) in [5, 5.41) is 1.27. The molecule has 0 aromatic rings. The quantitative estimate of drug-likeness (QED) is 0.496. The summed E-state index contributed by atoms with van der Waals surface area (Å²) in [5.41, 5.74) is 0. The van der Waals surface area contributed by atoms with Crippen molar-refractivity contribution in [2.24, 2.45) is 0 Å². The van der Waals surface area contributed by atoms with E-state index in [1.807, 2.05) is 0 Å². The molecule has 0 spiro atoms. The number of hydrogen-bond acceptors (Lipinski definition) is 1. The Kier molecular flexibility index (Phi) is 8.86. The average Bonchev–Trinajstić information content (AvgIpc) is 1.98. The lowest BCUT2D eigenvalue weighted by atomic mass is 10.2. The molecular weight excluding hydrogens is 207 g/mol. The van der Waals surface area contributed by atoms with Gasteiger partial charge < -0.3 is 3.79 Å². The average molecular weight is 223 g/mol. The molecule has 0 bridgehead atoms. The molecule has 0 heterocycles. The molecular formula is C7H16AlBrO. The molecule has 0 aliphatic carbocycles. The number of hydrogen-bond donors (Lipinski definition) is 0. The first kappa shape index (κ1) is 11.0. The largest absolute Gasteiger partial charge is 0.556 e. The molecule has 1 nitrogen and oxygen atoms in total. The van der Waals surface area contributed by atoms with E-state index in [1.165, 1.54) is 31.0 Å². The second-order valence-electron chi connectivity index (χ2n) is 2.50. The second kappa shape index (κ2) is 8.07. The topological polar surface area (TPSA) is 9.23 Å². The van der Waals surface area contributed by atoms with Crippen molar-refractivity contribution in [1.29, 1.82) is 0 Å². The zero-order valence-electron chi connectivity index (χ0n) is 6.90. The van der Waals surface area contributed by atoms with E-state index < -0.39 is 12.7 Å². The molecule has 0 N–H and O–H groups in total. The van der Waals surface area contributed by atoms with Gasteiger partial charge in [-0.15, -0.1) is 0 Å². The van der Waals surface area contributed by atoms with Crippen LogP contribution in [0.1, 0.15) is 32.6 Å². The molecule has 0 atom stereocenters. The molecule has 0 saturated heterocycles. The summed E-state index contributed by atoms with van der Waals surface area (Å²) >= 11 is 2.63. The van der Waals surface area contributed by atoms with Gasteiger partial charge in [0.15, 0.2) is 0 Å². The maximum absolute atomic E-state index is 5.19. The summed E-state index contributed by atoms with van der Waals surface area (Å²) < 4.78 is 5.19. The van der Waals surface area contributed by atoms with Gasteiger partial charge in [0.1, 0.15) is 0 Å². The van der Waals surface area contributed by atoms with Gasteiger partial charge in [-0.25, -0.2) is 0 Å². The van der Waals surface area contributed by atoms with E-state index in [-0.39, 0.29) is 0 Å². The molecule has 0 radical (unpaired) electrons. The van der Waals surface area contributed by atoms with Crippen LogP contribution in [0.3, 0.4) is 0 Å². The van der Waals surface area contributed by atoms with E-state index in [1.54, 1.807) is 7.11 Å². The normalized spacial score (nSPS) is 9.90. The Morgan fingerprint density at radius 3 is 2.50 bits per heavy atom. The van der Waals surface area contributed by atoms with Crippen LogP contribution in [0.4, 0.5) is 0 Å². The van der Waals surface area contributed by atoms with Crippen molar-refractivity contribution in [3.05, 3.63) is 0 Å². The molecule has 0 rings (SSSR count). The van der Waals surface area contributed by atoms with Crippen molar-refractivity contribution in [2.75, 3.05) is 7.11 Å². The van der Waals surface area contributed by atoms with Crippen molar-refractivity contribution in [2.45, 2.75) is 37.9 Å². The van der Waals surface area contributed by atoms with Gasteiger partial charge in [0.05, 0.1) is 0 Å². The Morgan fingerprint density at radius 1 is 1.30 bits per heavy atom. The van der Waals surface area contributed by atoms with Gasteiger partial charge in [-0.2, -0.15) is 14.1 Å². The molecule has 0 aliphatic heterocycles.